The molecular formula is C19H33N7O. The van der Waals surface area contributed by atoms with Crippen molar-refractivity contribution < 1.29 is 4.79 Å². The average Bonchev–Trinajstić information content (AvgIpc) is 3.25. The summed E-state index contributed by atoms with van der Waals surface area (Å²) in [6, 6.07) is 0.264. The van der Waals surface area contributed by atoms with Gasteiger partial charge in [-0.25, -0.2) is 9.67 Å². The van der Waals surface area contributed by atoms with Crippen LogP contribution in [0.3, 0.4) is 0 Å². The maximum Gasteiger partial charge on any atom is 0.230 e. The summed E-state index contributed by atoms with van der Waals surface area (Å²) in [4.78, 5) is 23.8. The second-order valence-corrected chi connectivity index (χ2v) is 8.02. The van der Waals surface area contributed by atoms with E-state index < -0.39 is 0 Å². The minimum atomic E-state index is -0.339. The predicted octanol–water partition coefficient (Wildman–Crippen LogP) is 1.11. The molecule has 8 nitrogen and oxygen atoms in total. The molecule has 0 radical (unpaired) electrons. The molecule has 2 N–H and O–H groups in total. The van der Waals surface area contributed by atoms with Gasteiger partial charge in [-0.15, -0.1) is 0 Å². The molecule has 0 aromatic carbocycles. The zero-order chi connectivity index (χ0) is 19.4. The van der Waals surface area contributed by atoms with Gasteiger partial charge in [0.1, 0.15) is 11.6 Å². The summed E-state index contributed by atoms with van der Waals surface area (Å²) in [6.07, 6.45) is 5.99. The lowest BCUT2D eigenvalue weighted by molar-refractivity contribution is -0.138. The highest BCUT2D eigenvalue weighted by atomic mass is 16.2. The molecule has 3 rings (SSSR count). The van der Waals surface area contributed by atoms with Crippen LogP contribution >= 0.6 is 0 Å². The number of nitrogens with one attached hydrogen (secondary N) is 2. The first-order valence-electron chi connectivity index (χ1n) is 10.1. The molecule has 1 aromatic heterocycles. The molecule has 1 aromatic rings. The molecule has 2 aliphatic rings. The molecule has 8 heteroatoms. The lowest BCUT2D eigenvalue weighted by atomic mass is 9.85. The van der Waals surface area contributed by atoms with Crippen LogP contribution in [0.25, 0.3) is 0 Å². The third kappa shape index (κ3) is 4.42. The number of hydrogen-bond acceptors (Lipinski definition) is 4. The van der Waals surface area contributed by atoms with Crippen molar-refractivity contribution in [3.63, 3.8) is 0 Å². The van der Waals surface area contributed by atoms with Crippen LogP contribution < -0.4 is 10.6 Å². The van der Waals surface area contributed by atoms with Gasteiger partial charge in [-0.2, -0.15) is 5.10 Å². The number of aliphatic imine (C=N–C) groups is 1. The first kappa shape index (κ1) is 19.6. The van der Waals surface area contributed by atoms with Crippen molar-refractivity contribution in [1.82, 2.24) is 30.3 Å². The van der Waals surface area contributed by atoms with E-state index in [-0.39, 0.29) is 17.4 Å². The summed E-state index contributed by atoms with van der Waals surface area (Å²) in [6.45, 7) is 6.12. The molecule has 2 heterocycles. The SMILES string of the molecule is CCNC(=NCC1(C(=O)N(C)C)CCCC1)NC1CCc2nc(C)nn2C1. The Bertz CT molecular complexity index is 688. The monoisotopic (exact) mass is 375 g/mol. The Morgan fingerprint density at radius 2 is 2.11 bits per heavy atom. The Labute approximate surface area is 161 Å². The maximum absolute atomic E-state index is 12.8. The highest BCUT2D eigenvalue weighted by Gasteiger charge is 2.42. The van der Waals surface area contributed by atoms with Crippen LogP contribution in [0.4, 0.5) is 0 Å². The zero-order valence-corrected chi connectivity index (χ0v) is 17.1. The van der Waals surface area contributed by atoms with Crippen molar-refractivity contribution in [3.05, 3.63) is 11.6 Å². The van der Waals surface area contributed by atoms with E-state index >= 15 is 0 Å². The van der Waals surface area contributed by atoms with Crippen LogP contribution in [0.5, 0.6) is 0 Å². The average molecular weight is 376 g/mol. The molecular weight excluding hydrogens is 342 g/mol. The number of fused-ring (bicyclic) bond motifs is 1. The van der Waals surface area contributed by atoms with Gasteiger partial charge in [0.05, 0.1) is 18.5 Å². The van der Waals surface area contributed by atoms with Gasteiger partial charge >= 0.3 is 0 Å². The Balaban J connectivity index is 1.68. The maximum atomic E-state index is 12.8. The van der Waals surface area contributed by atoms with E-state index in [4.69, 9.17) is 4.99 Å². The van der Waals surface area contributed by atoms with Gasteiger partial charge in [0.25, 0.3) is 0 Å². The molecule has 0 spiro atoms. The number of amides is 1. The van der Waals surface area contributed by atoms with Gasteiger partial charge < -0.3 is 15.5 Å². The molecule has 0 bridgehead atoms. The normalized spacial score (nSPS) is 21.6. The van der Waals surface area contributed by atoms with Crippen LogP contribution in [-0.4, -0.2) is 64.8 Å². The minimum Gasteiger partial charge on any atom is -0.357 e. The number of hydrogen-bond donors (Lipinski definition) is 2. The number of carbonyl (C=O) groups is 1. The Hall–Kier alpha value is -2.12. The number of rotatable bonds is 5. The van der Waals surface area contributed by atoms with E-state index in [1.54, 1.807) is 4.90 Å². The van der Waals surface area contributed by atoms with Crippen molar-refractivity contribution in [2.24, 2.45) is 10.4 Å². The Morgan fingerprint density at radius 1 is 1.37 bits per heavy atom. The van der Waals surface area contributed by atoms with Gasteiger partial charge in [0, 0.05) is 33.1 Å². The van der Waals surface area contributed by atoms with Gasteiger partial charge in [0.2, 0.25) is 5.91 Å². The highest BCUT2D eigenvalue weighted by molar-refractivity contribution is 5.84. The third-order valence-corrected chi connectivity index (χ3v) is 5.61. The largest absolute Gasteiger partial charge is 0.357 e. The van der Waals surface area contributed by atoms with E-state index in [9.17, 15) is 4.79 Å². The Kier molecular flexibility index (Phi) is 6.01. The van der Waals surface area contributed by atoms with E-state index in [0.717, 1.165) is 69.2 Å². The fourth-order valence-corrected chi connectivity index (χ4v) is 4.26. The van der Waals surface area contributed by atoms with E-state index in [1.165, 1.54) is 0 Å². The smallest absolute Gasteiger partial charge is 0.230 e. The molecule has 1 unspecified atom stereocenters. The van der Waals surface area contributed by atoms with E-state index in [2.05, 4.69) is 27.6 Å². The highest BCUT2D eigenvalue weighted by Crippen LogP contribution is 2.39. The van der Waals surface area contributed by atoms with Crippen molar-refractivity contribution in [3.8, 4) is 0 Å². The van der Waals surface area contributed by atoms with Gasteiger partial charge in [-0.05, 0) is 33.1 Å². The summed E-state index contributed by atoms with van der Waals surface area (Å²) < 4.78 is 1.99. The Morgan fingerprint density at radius 3 is 2.78 bits per heavy atom. The van der Waals surface area contributed by atoms with Crippen LogP contribution in [0.15, 0.2) is 4.99 Å². The van der Waals surface area contributed by atoms with Gasteiger partial charge in [-0.1, -0.05) is 12.8 Å². The number of aromatic nitrogens is 3. The first-order valence-corrected chi connectivity index (χ1v) is 10.1. The molecule has 1 fully saturated rings. The summed E-state index contributed by atoms with van der Waals surface area (Å²) in [5.74, 6) is 2.89. The van der Waals surface area contributed by atoms with Crippen LogP contribution in [0.2, 0.25) is 0 Å². The van der Waals surface area contributed by atoms with Gasteiger partial charge in [-0.3, -0.25) is 9.79 Å². The van der Waals surface area contributed by atoms with Crippen molar-refractivity contribution in [2.75, 3.05) is 27.2 Å². The molecule has 0 saturated heterocycles. The van der Waals surface area contributed by atoms with Crippen molar-refractivity contribution >= 4 is 11.9 Å². The molecule has 27 heavy (non-hydrogen) atoms. The van der Waals surface area contributed by atoms with Crippen molar-refractivity contribution in [1.29, 1.82) is 0 Å². The molecule has 150 valence electrons. The summed E-state index contributed by atoms with van der Waals surface area (Å²) >= 11 is 0. The van der Waals surface area contributed by atoms with Crippen LogP contribution in [0.1, 0.15) is 50.7 Å². The van der Waals surface area contributed by atoms with Crippen LogP contribution in [0, 0.1) is 12.3 Å². The van der Waals surface area contributed by atoms with Crippen molar-refractivity contribution in [2.45, 2.75) is 65.0 Å². The van der Waals surface area contributed by atoms with Gasteiger partial charge in [0.15, 0.2) is 5.96 Å². The first-order chi connectivity index (χ1) is 12.9. The third-order valence-electron chi connectivity index (χ3n) is 5.61. The predicted molar refractivity (Wildman–Crippen MR) is 106 cm³/mol. The number of aryl methyl sites for hydroxylation is 2. The summed E-state index contributed by atoms with van der Waals surface area (Å²) in [7, 11) is 3.69. The summed E-state index contributed by atoms with van der Waals surface area (Å²) in [5.41, 5.74) is -0.339. The van der Waals surface area contributed by atoms with Crippen LogP contribution in [-0.2, 0) is 17.8 Å². The fraction of sp³-hybridized carbons (Fsp3) is 0.789. The molecule has 1 aliphatic carbocycles. The zero-order valence-electron chi connectivity index (χ0n) is 17.1. The minimum absolute atomic E-state index is 0.208. The lowest BCUT2D eigenvalue weighted by Crippen LogP contribution is -2.48. The number of nitrogens with zero attached hydrogens (tertiary/aromatic N) is 5. The second kappa shape index (κ2) is 8.27. The topological polar surface area (TPSA) is 87.4 Å². The second-order valence-electron chi connectivity index (χ2n) is 8.02. The summed E-state index contributed by atoms with van der Waals surface area (Å²) in [5, 5.41) is 11.4. The van der Waals surface area contributed by atoms with E-state index in [0.29, 0.717) is 6.54 Å². The van der Waals surface area contributed by atoms with E-state index in [1.807, 2.05) is 25.7 Å². The lowest BCUT2D eigenvalue weighted by Gasteiger charge is -2.30. The number of carbonyl (C=O) groups excluding carboxylic acids is 1. The molecule has 1 atom stereocenters. The fourth-order valence-electron chi connectivity index (χ4n) is 4.26. The quantitative estimate of drug-likeness (QED) is 0.595. The molecule has 1 saturated carbocycles. The number of guanidine groups is 1. The standard InChI is InChI=1S/C19H33N7O/c1-5-20-18(21-13-19(10-6-7-11-19)17(27)25(3)4)23-15-8-9-16-22-14(2)24-26(16)12-15/h15H,5-13H2,1-4H3,(H2,20,21,23). The molecule has 1 amide bonds. The molecule has 1 aliphatic heterocycles.